The lowest BCUT2D eigenvalue weighted by Gasteiger charge is -2.42. The molecule has 1 heterocycles. The van der Waals surface area contributed by atoms with Gasteiger partial charge in [0.25, 0.3) is 0 Å². The van der Waals surface area contributed by atoms with Gasteiger partial charge in [-0.1, -0.05) is 24.3 Å². The summed E-state index contributed by atoms with van der Waals surface area (Å²) in [6.07, 6.45) is -14.8. The van der Waals surface area contributed by atoms with E-state index in [2.05, 4.69) is 9.47 Å². The fourth-order valence-corrected chi connectivity index (χ4v) is 3.84. The van der Waals surface area contributed by atoms with Crippen molar-refractivity contribution in [2.24, 2.45) is 0 Å². The van der Waals surface area contributed by atoms with Crippen molar-refractivity contribution in [3.8, 4) is 5.75 Å². The van der Waals surface area contributed by atoms with Gasteiger partial charge >= 0.3 is 18.3 Å². The van der Waals surface area contributed by atoms with Crippen molar-refractivity contribution in [1.29, 1.82) is 0 Å². The van der Waals surface area contributed by atoms with Gasteiger partial charge in [0, 0.05) is 0 Å². The summed E-state index contributed by atoms with van der Waals surface area (Å²) >= 11 is 0. The van der Waals surface area contributed by atoms with Gasteiger partial charge in [-0.25, -0.2) is 13.6 Å². The molecule has 7 nitrogen and oxygen atoms in total. The second-order valence-electron chi connectivity index (χ2n) is 8.09. The Morgan fingerprint density at radius 3 is 2.33 bits per heavy atom. The molecular weight excluding hydrogens is 495 g/mol. The maximum Gasteiger partial charge on any atom is 0.508 e. The van der Waals surface area contributed by atoms with E-state index >= 15 is 0 Å². The number of aliphatic hydroxyl groups excluding tert-OH is 2. The van der Waals surface area contributed by atoms with Crippen LogP contribution in [0, 0.1) is 0 Å². The van der Waals surface area contributed by atoms with Crippen molar-refractivity contribution in [3.63, 3.8) is 0 Å². The fraction of sp³-hybridized carbons (Fsp3) is 0.458. The summed E-state index contributed by atoms with van der Waals surface area (Å²) in [5.74, 6) is -3.52. The van der Waals surface area contributed by atoms with Gasteiger partial charge < -0.3 is 29.2 Å². The van der Waals surface area contributed by atoms with Crippen molar-refractivity contribution < 1.29 is 55.9 Å². The normalized spacial score (nSPS) is 23.7. The number of halogens is 5. The van der Waals surface area contributed by atoms with Crippen LogP contribution in [0.15, 0.2) is 42.5 Å². The van der Waals surface area contributed by atoms with Crippen LogP contribution < -0.4 is 4.74 Å². The second-order valence-corrected chi connectivity index (χ2v) is 8.09. The lowest BCUT2D eigenvalue weighted by Crippen LogP contribution is -2.60. The summed E-state index contributed by atoms with van der Waals surface area (Å²) in [6, 6.07) is 9.12. The predicted octanol–water partition coefficient (Wildman–Crippen LogP) is 4.27. The van der Waals surface area contributed by atoms with Crippen LogP contribution in [-0.4, -0.2) is 60.9 Å². The van der Waals surface area contributed by atoms with Gasteiger partial charge in [0.05, 0.1) is 19.3 Å². The fourth-order valence-electron chi connectivity index (χ4n) is 3.84. The number of hydrogen-bond donors (Lipinski definition) is 2. The summed E-state index contributed by atoms with van der Waals surface area (Å²) in [7, 11) is 1.44. The van der Waals surface area contributed by atoms with Gasteiger partial charge in [-0.15, -0.1) is 0 Å². The number of hydrogen-bond acceptors (Lipinski definition) is 7. The van der Waals surface area contributed by atoms with Crippen LogP contribution >= 0.6 is 0 Å². The Hall–Kier alpha value is -2.96. The molecule has 0 radical (unpaired) electrons. The highest BCUT2D eigenvalue weighted by atomic mass is 19.4. The number of aliphatic hydroxyl groups is 2. The third kappa shape index (κ3) is 6.05. The van der Waals surface area contributed by atoms with Gasteiger partial charge in [0.1, 0.15) is 30.7 Å². The van der Waals surface area contributed by atoms with Crippen molar-refractivity contribution in [1.82, 2.24) is 0 Å². The number of rotatable bonds is 7. The Kier molecular flexibility index (Phi) is 8.42. The number of ether oxygens (including phenoxy) is 4. The SMILES string of the molecule is CCOC(=O)OCC1OC(c2ccc(C(F)(F)F)c(Cc3ccc(OC)cc3)c2)C(O)C(O)C1(F)F. The molecule has 2 N–H and O–H groups in total. The molecule has 12 heteroatoms. The number of benzene rings is 2. The van der Waals surface area contributed by atoms with E-state index in [1.54, 1.807) is 24.3 Å². The third-order valence-corrected chi connectivity index (χ3v) is 5.70. The molecule has 1 aliphatic heterocycles. The summed E-state index contributed by atoms with van der Waals surface area (Å²) in [5, 5.41) is 20.4. The summed E-state index contributed by atoms with van der Waals surface area (Å²) < 4.78 is 89.6. The van der Waals surface area contributed by atoms with E-state index in [4.69, 9.17) is 9.47 Å². The molecule has 1 aliphatic rings. The molecule has 1 saturated heterocycles. The second kappa shape index (κ2) is 11.0. The van der Waals surface area contributed by atoms with Crippen LogP contribution in [0.4, 0.5) is 26.7 Å². The molecule has 0 spiro atoms. The van der Waals surface area contributed by atoms with Gasteiger partial charge in [-0.05, 0) is 48.2 Å². The minimum atomic E-state index is -4.71. The highest BCUT2D eigenvalue weighted by Crippen LogP contribution is 2.42. The molecule has 2 aromatic carbocycles. The number of methoxy groups -OCH3 is 1. The highest BCUT2D eigenvalue weighted by Gasteiger charge is 2.58. The quantitative estimate of drug-likeness (QED) is 0.416. The van der Waals surface area contributed by atoms with Gasteiger partial charge in [0.15, 0.2) is 6.10 Å². The highest BCUT2D eigenvalue weighted by molar-refractivity contribution is 5.59. The van der Waals surface area contributed by atoms with Gasteiger partial charge in [0.2, 0.25) is 0 Å². The Labute approximate surface area is 203 Å². The standard InChI is InChI=1S/C24H25F5O7/c1-3-34-22(32)35-12-18-23(25,26)21(31)19(30)20(36-18)14-6-9-17(24(27,28)29)15(11-14)10-13-4-7-16(33-2)8-5-13/h4-9,11,18-21,30-31H,3,10,12H2,1-2H3. The Balaban J connectivity index is 1.93. The molecule has 4 unspecified atom stereocenters. The van der Waals surface area contributed by atoms with E-state index in [9.17, 15) is 37.0 Å². The first kappa shape index (κ1) is 27.6. The van der Waals surface area contributed by atoms with Crippen molar-refractivity contribution in [2.75, 3.05) is 20.3 Å². The predicted molar refractivity (Wildman–Crippen MR) is 115 cm³/mol. The topological polar surface area (TPSA) is 94.5 Å². The van der Waals surface area contributed by atoms with E-state index in [0.29, 0.717) is 11.3 Å². The van der Waals surface area contributed by atoms with Crippen molar-refractivity contribution in [2.45, 2.75) is 49.9 Å². The van der Waals surface area contributed by atoms with Crippen LogP contribution in [0.2, 0.25) is 0 Å². The monoisotopic (exact) mass is 520 g/mol. The average Bonchev–Trinajstić information content (AvgIpc) is 2.82. The van der Waals surface area contributed by atoms with E-state index in [0.717, 1.165) is 18.2 Å². The molecule has 36 heavy (non-hydrogen) atoms. The largest absolute Gasteiger partial charge is 0.508 e. The summed E-state index contributed by atoms with van der Waals surface area (Å²) in [5.41, 5.74) is -0.724. The lowest BCUT2D eigenvalue weighted by atomic mass is 9.88. The van der Waals surface area contributed by atoms with Crippen LogP contribution in [0.1, 0.15) is 35.3 Å². The molecule has 0 bridgehead atoms. The van der Waals surface area contributed by atoms with Crippen molar-refractivity contribution >= 4 is 6.16 Å². The van der Waals surface area contributed by atoms with Crippen LogP contribution in [0.3, 0.4) is 0 Å². The number of alkyl halides is 5. The molecule has 0 saturated carbocycles. The van der Waals surface area contributed by atoms with Gasteiger partial charge in [-0.3, -0.25) is 0 Å². The summed E-state index contributed by atoms with van der Waals surface area (Å²) in [6.45, 7) is 0.371. The molecule has 2 aromatic rings. The Morgan fingerprint density at radius 2 is 1.75 bits per heavy atom. The maximum absolute atomic E-state index is 14.6. The smallest absolute Gasteiger partial charge is 0.497 e. The molecule has 3 rings (SSSR count). The molecule has 1 fully saturated rings. The van der Waals surface area contributed by atoms with E-state index in [1.165, 1.54) is 14.0 Å². The Bertz CT molecular complexity index is 1040. The average molecular weight is 520 g/mol. The first-order chi connectivity index (χ1) is 16.9. The first-order valence-electron chi connectivity index (χ1n) is 10.9. The molecule has 0 amide bonds. The number of carbonyl (C=O) groups excluding carboxylic acids is 1. The number of carbonyl (C=O) groups is 1. The molecule has 198 valence electrons. The van der Waals surface area contributed by atoms with E-state index in [1.807, 2.05) is 0 Å². The molecule has 4 atom stereocenters. The zero-order valence-electron chi connectivity index (χ0n) is 19.3. The van der Waals surface area contributed by atoms with E-state index < -0.39 is 54.8 Å². The third-order valence-electron chi connectivity index (χ3n) is 5.70. The van der Waals surface area contributed by atoms with Crippen LogP contribution in [0.25, 0.3) is 0 Å². The van der Waals surface area contributed by atoms with Crippen molar-refractivity contribution in [3.05, 3.63) is 64.7 Å². The minimum Gasteiger partial charge on any atom is -0.497 e. The molecule has 0 aliphatic carbocycles. The first-order valence-corrected chi connectivity index (χ1v) is 10.9. The minimum absolute atomic E-state index is 0.0744. The summed E-state index contributed by atoms with van der Waals surface area (Å²) in [4.78, 5) is 11.4. The lowest BCUT2D eigenvalue weighted by molar-refractivity contribution is -0.296. The molecule has 0 aromatic heterocycles. The molecular formula is C24H25F5O7. The maximum atomic E-state index is 14.6. The van der Waals surface area contributed by atoms with Crippen LogP contribution in [0.5, 0.6) is 5.75 Å². The zero-order chi connectivity index (χ0) is 26.7. The van der Waals surface area contributed by atoms with E-state index in [-0.39, 0.29) is 24.2 Å². The Morgan fingerprint density at radius 1 is 1.08 bits per heavy atom. The zero-order valence-corrected chi connectivity index (χ0v) is 19.3. The van der Waals surface area contributed by atoms with Gasteiger partial charge in [-0.2, -0.15) is 13.2 Å². The van der Waals surface area contributed by atoms with Crippen LogP contribution in [-0.2, 0) is 26.8 Å².